The quantitative estimate of drug-likeness (QED) is 0.750. The predicted molar refractivity (Wildman–Crippen MR) is 88.4 cm³/mol. The van der Waals surface area contributed by atoms with Crippen molar-refractivity contribution < 1.29 is 9.53 Å². The summed E-state index contributed by atoms with van der Waals surface area (Å²) in [6.45, 7) is 2.12. The van der Waals surface area contributed by atoms with E-state index in [9.17, 15) is 4.79 Å². The van der Waals surface area contributed by atoms with Crippen LogP contribution in [-0.4, -0.2) is 37.1 Å². The molecular formula is C17H24BrNO2. The molecule has 1 aliphatic rings. The number of hydrogen-bond acceptors (Lipinski definition) is 3. The first-order valence-electron chi connectivity index (χ1n) is 7.60. The van der Waals surface area contributed by atoms with Crippen molar-refractivity contribution in [2.75, 3.05) is 14.2 Å². The van der Waals surface area contributed by atoms with Crippen molar-refractivity contribution in [3.8, 4) is 0 Å². The van der Waals surface area contributed by atoms with Gasteiger partial charge in [0.15, 0.2) is 0 Å². The smallest absolute Gasteiger partial charge is 0.314 e. The Hall–Kier alpha value is -0.870. The number of benzene rings is 1. The van der Waals surface area contributed by atoms with Crippen molar-refractivity contribution in [1.82, 2.24) is 4.90 Å². The Morgan fingerprint density at radius 1 is 1.33 bits per heavy atom. The van der Waals surface area contributed by atoms with Crippen molar-refractivity contribution in [3.63, 3.8) is 0 Å². The molecule has 0 aliphatic heterocycles. The van der Waals surface area contributed by atoms with Gasteiger partial charge in [-0.1, -0.05) is 47.0 Å². The Morgan fingerprint density at radius 2 is 1.95 bits per heavy atom. The fourth-order valence-corrected chi connectivity index (χ4v) is 3.85. The number of rotatable bonds is 5. The van der Waals surface area contributed by atoms with E-state index in [2.05, 4.69) is 34.8 Å². The van der Waals surface area contributed by atoms with Gasteiger partial charge in [0.25, 0.3) is 0 Å². The highest BCUT2D eigenvalue weighted by Gasteiger charge is 2.34. The van der Waals surface area contributed by atoms with Crippen LogP contribution in [-0.2, 0) is 9.53 Å². The predicted octanol–water partition coefficient (Wildman–Crippen LogP) is 3.97. The van der Waals surface area contributed by atoms with E-state index in [4.69, 9.17) is 4.74 Å². The van der Waals surface area contributed by atoms with Gasteiger partial charge in [-0.25, -0.2) is 0 Å². The zero-order chi connectivity index (χ0) is 15.4. The molecule has 4 heteroatoms. The van der Waals surface area contributed by atoms with E-state index in [1.54, 1.807) is 0 Å². The largest absolute Gasteiger partial charge is 0.469 e. The monoisotopic (exact) mass is 353 g/mol. The molecule has 1 saturated carbocycles. The molecule has 0 bridgehead atoms. The molecule has 2 atom stereocenters. The Balaban J connectivity index is 2.27. The SMILES string of the molecule is COC(=O)C(c1ccccc1Br)C(C)N(C)C1CCCC1. The zero-order valence-electron chi connectivity index (χ0n) is 13.0. The van der Waals surface area contributed by atoms with E-state index in [1.807, 2.05) is 24.3 Å². The maximum Gasteiger partial charge on any atom is 0.314 e. The van der Waals surface area contributed by atoms with Gasteiger partial charge in [-0.3, -0.25) is 9.69 Å². The van der Waals surface area contributed by atoms with Crippen LogP contribution in [0.4, 0.5) is 0 Å². The van der Waals surface area contributed by atoms with Gasteiger partial charge < -0.3 is 4.74 Å². The molecule has 2 unspecified atom stereocenters. The summed E-state index contributed by atoms with van der Waals surface area (Å²) in [4.78, 5) is 14.7. The van der Waals surface area contributed by atoms with Crippen LogP contribution in [0.1, 0.15) is 44.1 Å². The van der Waals surface area contributed by atoms with Crippen molar-refractivity contribution in [2.24, 2.45) is 0 Å². The van der Waals surface area contributed by atoms with Crippen LogP contribution < -0.4 is 0 Å². The number of likely N-dealkylation sites (N-methyl/N-ethyl adjacent to an activating group) is 1. The molecule has 0 N–H and O–H groups in total. The minimum absolute atomic E-state index is 0.110. The molecular weight excluding hydrogens is 330 g/mol. The summed E-state index contributed by atoms with van der Waals surface area (Å²) in [5.74, 6) is -0.435. The number of hydrogen-bond donors (Lipinski definition) is 0. The lowest BCUT2D eigenvalue weighted by molar-refractivity contribution is -0.144. The summed E-state index contributed by atoms with van der Waals surface area (Å²) < 4.78 is 6.03. The molecule has 0 aromatic heterocycles. The highest BCUT2D eigenvalue weighted by Crippen LogP contribution is 2.33. The van der Waals surface area contributed by atoms with E-state index in [0.29, 0.717) is 6.04 Å². The Morgan fingerprint density at radius 3 is 2.52 bits per heavy atom. The van der Waals surface area contributed by atoms with Gasteiger partial charge >= 0.3 is 5.97 Å². The molecule has 1 aliphatic carbocycles. The summed E-state index contributed by atoms with van der Waals surface area (Å²) in [6, 6.07) is 8.61. The van der Waals surface area contributed by atoms with E-state index in [-0.39, 0.29) is 17.9 Å². The maximum atomic E-state index is 12.4. The number of esters is 1. The summed E-state index contributed by atoms with van der Waals surface area (Å²) in [7, 11) is 3.60. The number of halogens is 1. The van der Waals surface area contributed by atoms with Gasteiger partial charge in [-0.15, -0.1) is 0 Å². The lowest BCUT2D eigenvalue weighted by atomic mass is 9.90. The van der Waals surface area contributed by atoms with Crippen LogP contribution >= 0.6 is 15.9 Å². The van der Waals surface area contributed by atoms with Gasteiger partial charge in [0.1, 0.15) is 0 Å². The fraction of sp³-hybridized carbons (Fsp3) is 0.588. The van der Waals surface area contributed by atoms with Crippen LogP contribution in [0.3, 0.4) is 0 Å². The first-order chi connectivity index (χ1) is 10.1. The number of ether oxygens (including phenoxy) is 1. The number of nitrogens with zero attached hydrogens (tertiary/aromatic N) is 1. The van der Waals surface area contributed by atoms with E-state index in [0.717, 1.165) is 10.0 Å². The topological polar surface area (TPSA) is 29.5 Å². The second kappa shape index (κ2) is 7.41. The van der Waals surface area contributed by atoms with Crippen LogP contribution in [0.5, 0.6) is 0 Å². The second-order valence-corrected chi connectivity index (χ2v) is 6.72. The molecule has 0 radical (unpaired) electrons. The van der Waals surface area contributed by atoms with Crippen molar-refractivity contribution >= 4 is 21.9 Å². The van der Waals surface area contributed by atoms with E-state index in [1.165, 1.54) is 32.8 Å². The molecule has 1 fully saturated rings. The molecule has 2 rings (SSSR count). The van der Waals surface area contributed by atoms with Crippen LogP contribution in [0.25, 0.3) is 0 Å². The van der Waals surface area contributed by atoms with Crippen LogP contribution in [0.15, 0.2) is 28.7 Å². The zero-order valence-corrected chi connectivity index (χ0v) is 14.6. The normalized spacial score (nSPS) is 18.7. The molecule has 3 nitrogen and oxygen atoms in total. The average Bonchev–Trinajstić information content (AvgIpc) is 3.02. The van der Waals surface area contributed by atoms with Crippen LogP contribution in [0.2, 0.25) is 0 Å². The summed E-state index contributed by atoms with van der Waals surface area (Å²) in [5, 5.41) is 0. The second-order valence-electron chi connectivity index (χ2n) is 5.87. The molecule has 1 aromatic rings. The summed E-state index contributed by atoms with van der Waals surface area (Å²) in [6.07, 6.45) is 5.04. The van der Waals surface area contributed by atoms with Gasteiger partial charge in [0.05, 0.1) is 13.0 Å². The molecule has 0 saturated heterocycles. The lowest BCUT2D eigenvalue weighted by Crippen LogP contribution is -2.43. The minimum atomic E-state index is -0.267. The van der Waals surface area contributed by atoms with Gasteiger partial charge in [0, 0.05) is 16.6 Å². The number of methoxy groups -OCH3 is 1. The molecule has 1 aromatic carbocycles. The Bertz CT molecular complexity index is 485. The van der Waals surface area contributed by atoms with Crippen molar-refractivity contribution in [3.05, 3.63) is 34.3 Å². The summed E-state index contributed by atoms with van der Waals surface area (Å²) >= 11 is 3.57. The summed E-state index contributed by atoms with van der Waals surface area (Å²) in [5.41, 5.74) is 1.00. The third kappa shape index (κ3) is 3.67. The molecule has 116 valence electrons. The maximum absolute atomic E-state index is 12.4. The van der Waals surface area contributed by atoms with Crippen molar-refractivity contribution in [1.29, 1.82) is 0 Å². The molecule has 0 spiro atoms. The van der Waals surface area contributed by atoms with Crippen LogP contribution in [0, 0.1) is 0 Å². The van der Waals surface area contributed by atoms with Crippen molar-refractivity contribution in [2.45, 2.75) is 50.6 Å². The van der Waals surface area contributed by atoms with Gasteiger partial charge in [-0.05, 0) is 38.4 Å². The van der Waals surface area contributed by atoms with E-state index >= 15 is 0 Å². The number of carbonyl (C=O) groups is 1. The van der Waals surface area contributed by atoms with Gasteiger partial charge in [-0.2, -0.15) is 0 Å². The fourth-order valence-electron chi connectivity index (χ4n) is 3.32. The first-order valence-corrected chi connectivity index (χ1v) is 8.39. The highest BCUT2D eigenvalue weighted by molar-refractivity contribution is 9.10. The molecule has 0 amide bonds. The molecule has 0 heterocycles. The Labute approximate surface area is 135 Å². The average molecular weight is 354 g/mol. The number of carbonyl (C=O) groups excluding carboxylic acids is 1. The lowest BCUT2D eigenvalue weighted by Gasteiger charge is -2.35. The highest BCUT2D eigenvalue weighted by atomic mass is 79.9. The third-order valence-electron chi connectivity index (χ3n) is 4.72. The first kappa shape index (κ1) is 16.5. The minimum Gasteiger partial charge on any atom is -0.469 e. The Kier molecular flexibility index (Phi) is 5.82. The van der Waals surface area contributed by atoms with E-state index < -0.39 is 0 Å². The molecule has 21 heavy (non-hydrogen) atoms. The standard InChI is InChI=1S/C17H24BrNO2/c1-12(19(2)13-8-4-5-9-13)16(17(20)21-3)14-10-6-7-11-15(14)18/h6-7,10-13,16H,4-5,8-9H2,1-3H3. The van der Waals surface area contributed by atoms with Gasteiger partial charge in [0.2, 0.25) is 0 Å². The third-order valence-corrected chi connectivity index (χ3v) is 5.44.